The SMILES string of the molecule is COc1ccc(Cn2cc(C(=O)C=[N+]=[N-])c(OC)n2)cc1. The summed E-state index contributed by atoms with van der Waals surface area (Å²) in [5.41, 5.74) is 9.66. The summed E-state index contributed by atoms with van der Waals surface area (Å²) in [6, 6.07) is 7.51. The van der Waals surface area contributed by atoms with Gasteiger partial charge in [-0.15, -0.1) is 5.10 Å². The van der Waals surface area contributed by atoms with Gasteiger partial charge in [-0.25, -0.2) is 0 Å². The van der Waals surface area contributed by atoms with Crippen LogP contribution in [0.15, 0.2) is 30.5 Å². The molecule has 7 nitrogen and oxygen atoms in total. The van der Waals surface area contributed by atoms with Crippen LogP contribution in [0.1, 0.15) is 15.9 Å². The number of aromatic nitrogens is 2. The molecular weight excluding hydrogens is 272 g/mol. The van der Waals surface area contributed by atoms with Gasteiger partial charge in [0.15, 0.2) is 0 Å². The molecule has 7 heteroatoms. The molecule has 0 atom stereocenters. The molecule has 1 aromatic carbocycles. The average Bonchev–Trinajstić information content (AvgIpc) is 2.91. The minimum atomic E-state index is -0.477. The number of methoxy groups -OCH3 is 2. The molecule has 2 rings (SSSR count). The van der Waals surface area contributed by atoms with Crippen LogP contribution < -0.4 is 9.47 Å². The number of benzene rings is 1. The number of ketones is 1. The third-order valence-corrected chi connectivity index (χ3v) is 2.87. The third kappa shape index (κ3) is 3.34. The minimum Gasteiger partial charge on any atom is -0.497 e. The molecule has 0 fully saturated rings. The van der Waals surface area contributed by atoms with Crippen molar-refractivity contribution >= 4 is 12.0 Å². The maximum absolute atomic E-state index is 11.7. The van der Waals surface area contributed by atoms with Crippen LogP contribution in [0, 0.1) is 0 Å². The van der Waals surface area contributed by atoms with Gasteiger partial charge in [0.05, 0.1) is 20.8 Å². The molecule has 0 unspecified atom stereocenters. The van der Waals surface area contributed by atoms with Gasteiger partial charge in [0, 0.05) is 6.20 Å². The molecule has 0 bridgehead atoms. The van der Waals surface area contributed by atoms with Crippen LogP contribution in [-0.2, 0) is 6.54 Å². The van der Waals surface area contributed by atoms with Gasteiger partial charge in [-0.05, 0) is 17.7 Å². The van der Waals surface area contributed by atoms with Gasteiger partial charge in [-0.3, -0.25) is 9.48 Å². The van der Waals surface area contributed by atoms with Crippen molar-refractivity contribution in [1.82, 2.24) is 9.78 Å². The lowest BCUT2D eigenvalue weighted by molar-refractivity contribution is 0.00231. The van der Waals surface area contributed by atoms with Crippen molar-refractivity contribution in [2.75, 3.05) is 14.2 Å². The fraction of sp³-hybridized carbons (Fsp3) is 0.214. The summed E-state index contributed by atoms with van der Waals surface area (Å²) in [5.74, 6) is 0.482. The first-order chi connectivity index (χ1) is 10.2. The summed E-state index contributed by atoms with van der Waals surface area (Å²) in [4.78, 5) is 14.4. The molecule has 21 heavy (non-hydrogen) atoms. The normalized spacial score (nSPS) is 9.81. The van der Waals surface area contributed by atoms with Crippen LogP contribution >= 0.6 is 0 Å². The first-order valence-corrected chi connectivity index (χ1v) is 6.14. The quantitative estimate of drug-likeness (QED) is 0.348. The first-order valence-electron chi connectivity index (χ1n) is 6.14. The summed E-state index contributed by atoms with van der Waals surface area (Å²) in [7, 11) is 3.03. The van der Waals surface area contributed by atoms with Crippen molar-refractivity contribution in [2.45, 2.75) is 6.54 Å². The Morgan fingerprint density at radius 3 is 2.62 bits per heavy atom. The lowest BCUT2D eigenvalue weighted by atomic mass is 10.2. The summed E-state index contributed by atoms with van der Waals surface area (Å²) >= 11 is 0. The van der Waals surface area contributed by atoms with Crippen LogP contribution in [0.25, 0.3) is 5.53 Å². The van der Waals surface area contributed by atoms with E-state index in [1.807, 2.05) is 24.3 Å². The first kappa shape index (κ1) is 14.5. The van der Waals surface area contributed by atoms with Crippen molar-refractivity contribution in [3.05, 3.63) is 47.1 Å². The number of hydrogen-bond acceptors (Lipinski definition) is 4. The van der Waals surface area contributed by atoms with E-state index in [2.05, 4.69) is 9.89 Å². The smallest absolute Gasteiger partial charge is 0.328 e. The van der Waals surface area contributed by atoms with Gasteiger partial charge in [-0.2, -0.15) is 4.79 Å². The Hall–Kier alpha value is -2.92. The van der Waals surface area contributed by atoms with Crippen LogP contribution in [0.5, 0.6) is 11.6 Å². The van der Waals surface area contributed by atoms with Gasteiger partial charge in [-0.1, -0.05) is 12.1 Å². The Bertz CT molecular complexity index is 685. The number of carbonyl (C=O) groups is 1. The monoisotopic (exact) mass is 286 g/mol. The summed E-state index contributed by atoms with van der Waals surface area (Å²) in [6.45, 7) is 0.476. The van der Waals surface area contributed by atoms with E-state index in [-0.39, 0.29) is 11.4 Å². The van der Waals surface area contributed by atoms with Crippen molar-refractivity contribution in [3.63, 3.8) is 0 Å². The number of ether oxygens (including phenoxy) is 2. The van der Waals surface area contributed by atoms with Crippen LogP contribution in [0.2, 0.25) is 0 Å². The van der Waals surface area contributed by atoms with Crippen molar-refractivity contribution in [2.24, 2.45) is 0 Å². The van der Waals surface area contributed by atoms with Crippen LogP contribution in [0.3, 0.4) is 0 Å². The Balaban J connectivity index is 2.23. The molecule has 0 radical (unpaired) electrons. The summed E-state index contributed by atoms with van der Waals surface area (Å²) < 4.78 is 11.7. The molecule has 0 saturated carbocycles. The number of carbonyl (C=O) groups excluding carboxylic acids is 1. The molecule has 0 N–H and O–H groups in total. The molecular formula is C14H14N4O3. The standard InChI is InChI=1S/C14H14N4O3/c1-20-11-5-3-10(4-6-11)8-18-9-12(13(19)7-16-15)14(17-18)21-2/h3-7,9H,8H2,1-2H3. The average molecular weight is 286 g/mol. The number of hydrogen-bond donors (Lipinski definition) is 0. The van der Waals surface area contributed by atoms with E-state index in [4.69, 9.17) is 15.0 Å². The molecule has 1 aromatic heterocycles. The van der Waals surface area contributed by atoms with E-state index in [1.54, 1.807) is 18.0 Å². The Morgan fingerprint density at radius 1 is 1.33 bits per heavy atom. The second-order valence-corrected chi connectivity index (χ2v) is 4.21. The number of nitrogens with zero attached hydrogens (tertiary/aromatic N) is 4. The number of rotatable bonds is 6. The molecule has 2 aromatic rings. The largest absolute Gasteiger partial charge is 0.497 e. The predicted octanol–water partition coefficient (Wildman–Crippen LogP) is 1.43. The van der Waals surface area contributed by atoms with Crippen molar-refractivity contribution in [3.8, 4) is 11.6 Å². The fourth-order valence-corrected chi connectivity index (χ4v) is 1.84. The molecule has 0 aliphatic rings. The molecule has 1 heterocycles. The van der Waals surface area contributed by atoms with Crippen LogP contribution in [-0.4, -0.2) is 40.8 Å². The third-order valence-electron chi connectivity index (χ3n) is 2.87. The lowest BCUT2D eigenvalue weighted by Gasteiger charge is -2.03. The van der Waals surface area contributed by atoms with Gasteiger partial charge in [0.1, 0.15) is 11.3 Å². The highest BCUT2D eigenvalue weighted by atomic mass is 16.5. The Labute approximate surface area is 121 Å². The topological polar surface area (TPSA) is 89.8 Å². The Morgan fingerprint density at radius 2 is 2.05 bits per heavy atom. The van der Waals surface area contributed by atoms with E-state index in [0.29, 0.717) is 6.54 Å². The summed E-state index contributed by atoms with van der Waals surface area (Å²) in [5, 5.41) is 4.17. The van der Waals surface area contributed by atoms with Gasteiger partial charge in [0.25, 0.3) is 5.78 Å². The highest BCUT2D eigenvalue weighted by Gasteiger charge is 2.18. The zero-order valence-electron chi connectivity index (χ0n) is 11.7. The molecule has 0 aliphatic heterocycles. The van der Waals surface area contributed by atoms with E-state index in [0.717, 1.165) is 17.5 Å². The van der Waals surface area contributed by atoms with Gasteiger partial charge >= 0.3 is 6.21 Å². The predicted molar refractivity (Wildman–Crippen MR) is 74.9 cm³/mol. The second-order valence-electron chi connectivity index (χ2n) is 4.21. The van der Waals surface area contributed by atoms with Crippen LogP contribution in [0.4, 0.5) is 0 Å². The fourth-order valence-electron chi connectivity index (χ4n) is 1.84. The minimum absolute atomic E-state index is 0.188. The highest BCUT2D eigenvalue weighted by Crippen LogP contribution is 2.17. The highest BCUT2D eigenvalue weighted by molar-refractivity contribution is 6.34. The van der Waals surface area contributed by atoms with E-state index >= 15 is 0 Å². The summed E-state index contributed by atoms with van der Waals surface area (Å²) in [6.07, 6.45) is 2.35. The second kappa shape index (κ2) is 6.49. The van der Waals surface area contributed by atoms with Crippen molar-refractivity contribution in [1.29, 1.82) is 0 Å². The van der Waals surface area contributed by atoms with E-state index in [9.17, 15) is 4.79 Å². The van der Waals surface area contributed by atoms with E-state index < -0.39 is 5.78 Å². The molecule has 0 aliphatic carbocycles. The van der Waals surface area contributed by atoms with Gasteiger partial charge < -0.3 is 15.0 Å². The zero-order valence-corrected chi connectivity index (χ0v) is 11.7. The Kier molecular flexibility index (Phi) is 4.48. The molecule has 0 amide bonds. The zero-order chi connectivity index (χ0) is 15.2. The maximum Gasteiger partial charge on any atom is 0.328 e. The van der Waals surface area contributed by atoms with Gasteiger partial charge in [0.2, 0.25) is 5.88 Å². The van der Waals surface area contributed by atoms with Crippen molar-refractivity contribution < 1.29 is 19.1 Å². The van der Waals surface area contributed by atoms with E-state index in [1.165, 1.54) is 7.11 Å². The molecule has 0 saturated heterocycles. The molecule has 0 spiro atoms. The lowest BCUT2D eigenvalue weighted by Crippen LogP contribution is -2.02. The molecule has 108 valence electrons. The maximum atomic E-state index is 11.7. The number of Topliss-reactive ketones (excluding diaryl/α,β-unsaturated/α-hetero) is 1.